The summed E-state index contributed by atoms with van der Waals surface area (Å²) < 4.78 is 16.2. The molecule has 0 heterocycles. The van der Waals surface area contributed by atoms with Crippen LogP contribution in [0.2, 0.25) is 0 Å². The predicted molar refractivity (Wildman–Crippen MR) is 121 cm³/mol. The Kier molecular flexibility index (Phi) is 8.96. The van der Waals surface area contributed by atoms with Crippen molar-refractivity contribution in [3.63, 3.8) is 0 Å². The third-order valence-electron chi connectivity index (χ3n) is 4.25. The zero-order chi connectivity index (χ0) is 21.1. The van der Waals surface area contributed by atoms with E-state index < -0.39 is 0 Å². The molecule has 0 saturated carbocycles. The number of methoxy groups -OCH3 is 2. The lowest BCUT2D eigenvalue weighted by atomic mass is 9.87. The lowest BCUT2D eigenvalue weighted by Crippen LogP contribution is -2.16. The molecule has 4 heteroatoms. The molecule has 0 saturated heterocycles. The molecule has 0 bridgehead atoms. The maximum atomic E-state index is 5.72. The van der Waals surface area contributed by atoms with Gasteiger partial charge in [0.1, 0.15) is 11.5 Å². The van der Waals surface area contributed by atoms with Gasteiger partial charge in [0.25, 0.3) is 9.76 Å². The minimum atomic E-state index is 0.293. The fourth-order valence-electron chi connectivity index (χ4n) is 2.60. The summed E-state index contributed by atoms with van der Waals surface area (Å²) in [5, 5.41) is 1.19. The molecule has 3 aromatic rings. The highest BCUT2D eigenvalue weighted by Gasteiger charge is 2.11. The van der Waals surface area contributed by atoms with Gasteiger partial charge in [-0.2, -0.15) is 0 Å². The van der Waals surface area contributed by atoms with Crippen molar-refractivity contribution in [2.24, 2.45) is 0 Å². The quantitative estimate of drug-likeness (QED) is 0.530. The van der Waals surface area contributed by atoms with E-state index in [2.05, 4.69) is 63.2 Å². The molecule has 3 aromatic carbocycles. The molecule has 0 aliphatic rings. The Hall–Kier alpha value is -2.56. The van der Waals surface area contributed by atoms with E-state index in [1.807, 2.05) is 36.4 Å². The Bertz CT molecular complexity index is 821. The molecule has 152 valence electrons. The van der Waals surface area contributed by atoms with Crippen LogP contribution in [0, 0.1) is 0 Å². The van der Waals surface area contributed by atoms with Crippen LogP contribution in [-0.4, -0.2) is 24.0 Å². The molecular formula is C25H30O3Si. The standard InChI is InChI=1S/C15H16O3Si.C10H14/c1-16-13-8-12(9-14(10-13)17-2)11-18-19-15-6-4-3-5-7-15;1-10(2,3)9-7-5-4-6-8-9/h3-10H,11H2,1-2H3;4-8H,1-3H3. The SMILES string of the molecule is CC(C)(C)c1ccccc1.COc1cc(CO[Si]c2ccccc2)cc(OC)c1. The average Bonchev–Trinajstić information content (AvgIpc) is 2.75. The van der Waals surface area contributed by atoms with Gasteiger partial charge in [-0.25, -0.2) is 0 Å². The van der Waals surface area contributed by atoms with Crippen molar-refractivity contribution >= 4 is 14.9 Å². The summed E-state index contributed by atoms with van der Waals surface area (Å²) in [6.07, 6.45) is 0. The second kappa shape index (κ2) is 11.4. The zero-order valence-corrected chi connectivity index (χ0v) is 18.9. The Morgan fingerprint density at radius 3 is 1.69 bits per heavy atom. The van der Waals surface area contributed by atoms with Crippen LogP contribution >= 0.6 is 0 Å². The second-order valence-electron chi connectivity index (χ2n) is 7.59. The van der Waals surface area contributed by atoms with Crippen LogP contribution in [-0.2, 0) is 16.4 Å². The topological polar surface area (TPSA) is 27.7 Å². The van der Waals surface area contributed by atoms with Gasteiger partial charge in [-0.15, -0.1) is 0 Å². The smallest absolute Gasteiger partial charge is 0.269 e. The summed E-state index contributed by atoms with van der Waals surface area (Å²) in [6, 6.07) is 26.5. The average molecular weight is 407 g/mol. The van der Waals surface area contributed by atoms with Crippen LogP contribution in [0.15, 0.2) is 78.9 Å². The van der Waals surface area contributed by atoms with Gasteiger partial charge in [-0.05, 0) is 33.9 Å². The third kappa shape index (κ3) is 8.14. The first-order valence-electron chi connectivity index (χ1n) is 9.62. The summed E-state index contributed by atoms with van der Waals surface area (Å²) in [5.74, 6) is 1.56. The maximum Gasteiger partial charge on any atom is 0.269 e. The summed E-state index contributed by atoms with van der Waals surface area (Å²) in [4.78, 5) is 0. The van der Waals surface area contributed by atoms with E-state index >= 15 is 0 Å². The number of hydrogen-bond acceptors (Lipinski definition) is 3. The van der Waals surface area contributed by atoms with Gasteiger partial charge in [0.05, 0.1) is 20.8 Å². The Balaban J connectivity index is 0.000000253. The van der Waals surface area contributed by atoms with E-state index in [4.69, 9.17) is 13.9 Å². The van der Waals surface area contributed by atoms with Crippen molar-refractivity contribution in [1.29, 1.82) is 0 Å². The van der Waals surface area contributed by atoms with Crippen molar-refractivity contribution < 1.29 is 13.9 Å². The van der Waals surface area contributed by atoms with Crippen molar-refractivity contribution in [1.82, 2.24) is 0 Å². The van der Waals surface area contributed by atoms with Crippen molar-refractivity contribution in [2.45, 2.75) is 32.8 Å². The highest BCUT2D eigenvalue weighted by atomic mass is 28.2. The monoisotopic (exact) mass is 406 g/mol. The molecule has 0 amide bonds. The van der Waals surface area contributed by atoms with Crippen LogP contribution in [0.5, 0.6) is 11.5 Å². The molecule has 0 N–H and O–H groups in total. The van der Waals surface area contributed by atoms with Crippen molar-refractivity contribution in [3.8, 4) is 11.5 Å². The summed E-state index contributed by atoms with van der Waals surface area (Å²) >= 11 is 0. The maximum absolute atomic E-state index is 5.72. The minimum absolute atomic E-state index is 0.293. The van der Waals surface area contributed by atoms with Gasteiger partial charge in [-0.1, -0.05) is 81.4 Å². The predicted octanol–water partition coefficient (Wildman–Crippen LogP) is 5.15. The molecule has 3 rings (SSSR count). The van der Waals surface area contributed by atoms with Gasteiger partial charge >= 0.3 is 0 Å². The molecule has 29 heavy (non-hydrogen) atoms. The van der Waals surface area contributed by atoms with Gasteiger partial charge in [-0.3, -0.25) is 0 Å². The van der Waals surface area contributed by atoms with E-state index in [0.717, 1.165) is 17.1 Å². The largest absolute Gasteiger partial charge is 0.497 e. The molecule has 0 aromatic heterocycles. The van der Waals surface area contributed by atoms with Crippen molar-refractivity contribution in [3.05, 3.63) is 90.0 Å². The van der Waals surface area contributed by atoms with Crippen LogP contribution in [0.3, 0.4) is 0 Å². The van der Waals surface area contributed by atoms with E-state index in [-0.39, 0.29) is 0 Å². The van der Waals surface area contributed by atoms with Crippen LogP contribution < -0.4 is 14.7 Å². The zero-order valence-electron chi connectivity index (χ0n) is 17.9. The molecule has 0 atom stereocenters. The van der Waals surface area contributed by atoms with Gasteiger partial charge in [0.2, 0.25) is 0 Å². The molecule has 0 aliphatic heterocycles. The second-order valence-corrected chi connectivity index (χ2v) is 8.66. The first-order chi connectivity index (χ1) is 13.9. The number of hydrogen-bond donors (Lipinski definition) is 0. The number of ether oxygens (including phenoxy) is 2. The first kappa shape index (κ1) is 22.7. The van der Waals surface area contributed by atoms with Gasteiger partial charge < -0.3 is 13.9 Å². The Labute approximate surface area is 177 Å². The fourth-order valence-corrected chi connectivity index (χ4v) is 3.33. The molecule has 3 nitrogen and oxygen atoms in total. The molecule has 0 spiro atoms. The minimum Gasteiger partial charge on any atom is -0.497 e. The third-order valence-corrected chi connectivity index (χ3v) is 5.11. The van der Waals surface area contributed by atoms with Gasteiger partial charge in [0.15, 0.2) is 0 Å². The molecule has 2 radical (unpaired) electrons. The molecule has 0 unspecified atom stereocenters. The summed E-state index contributed by atoms with van der Waals surface area (Å²) in [7, 11) is 3.63. The Morgan fingerprint density at radius 1 is 0.724 bits per heavy atom. The van der Waals surface area contributed by atoms with E-state index in [9.17, 15) is 0 Å². The first-order valence-corrected chi connectivity index (χ1v) is 10.5. The van der Waals surface area contributed by atoms with Crippen LogP contribution in [0.4, 0.5) is 0 Å². The number of rotatable bonds is 6. The van der Waals surface area contributed by atoms with E-state index in [1.54, 1.807) is 14.2 Å². The van der Waals surface area contributed by atoms with Crippen LogP contribution in [0.1, 0.15) is 31.9 Å². The van der Waals surface area contributed by atoms with E-state index in [0.29, 0.717) is 21.8 Å². The highest BCUT2D eigenvalue weighted by molar-refractivity contribution is 6.46. The normalized spacial score (nSPS) is 10.7. The highest BCUT2D eigenvalue weighted by Crippen LogP contribution is 2.23. The van der Waals surface area contributed by atoms with E-state index in [1.165, 1.54) is 10.8 Å². The Morgan fingerprint density at radius 2 is 1.24 bits per heavy atom. The molecule has 0 aliphatic carbocycles. The lowest BCUT2D eigenvalue weighted by molar-refractivity contribution is 0.327. The van der Waals surface area contributed by atoms with Crippen molar-refractivity contribution in [2.75, 3.05) is 14.2 Å². The fraction of sp³-hybridized carbons (Fsp3) is 0.280. The molecular weight excluding hydrogens is 376 g/mol. The molecule has 0 fully saturated rings. The lowest BCUT2D eigenvalue weighted by Gasteiger charge is -2.18. The van der Waals surface area contributed by atoms with Gasteiger partial charge in [0, 0.05) is 6.07 Å². The van der Waals surface area contributed by atoms with Crippen LogP contribution in [0.25, 0.3) is 0 Å². The number of benzene rings is 3. The summed E-state index contributed by atoms with van der Waals surface area (Å²) in [6.45, 7) is 7.22. The summed E-state index contributed by atoms with van der Waals surface area (Å²) in [5.41, 5.74) is 2.73.